The van der Waals surface area contributed by atoms with E-state index in [1.807, 2.05) is 18.2 Å². The lowest BCUT2D eigenvalue weighted by atomic mass is 10.1. The van der Waals surface area contributed by atoms with Gasteiger partial charge in [-0.25, -0.2) is 0 Å². The molecular formula is C18H23NO2. The predicted octanol–water partition coefficient (Wildman–Crippen LogP) is 3.38. The molecule has 1 heterocycles. The van der Waals surface area contributed by atoms with Crippen molar-refractivity contribution in [3.05, 3.63) is 42.5 Å². The third-order valence-electron chi connectivity index (χ3n) is 4.10. The Balaban J connectivity index is 1.50. The number of hydrogen-bond donors (Lipinski definition) is 1. The molecule has 1 fully saturated rings. The van der Waals surface area contributed by atoms with Crippen LogP contribution >= 0.6 is 0 Å². The van der Waals surface area contributed by atoms with Crippen LogP contribution in [-0.4, -0.2) is 31.9 Å². The van der Waals surface area contributed by atoms with Gasteiger partial charge in [0.2, 0.25) is 0 Å². The van der Waals surface area contributed by atoms with Gasteiger partial charge in [0.1, 0.15) is 12.4 Å². The maximum absolute atomic E-state index is 5.93. The number of rotatable bonds is 6. The Labute approximate surface area is 126 Å². The van der Waals surface area contributed by atoms with Crippen LogP contribution in [0.1, 0.15) is 19.8 Å². The summed E-state index contributed by atoms with van der Waals surface area (Å²) in [7, 11) is 0. The molecule has 0 bridgehead atoms. The van der Waals surface area contributed by atoms with Crippen molar-refractivity contribution in [1.29, 1.82) is 0 Å². The summed E-state index contributed by atoms with van der Waals surface area (Å²) < 4.78 is 11.6. The molecule has 21 heavy (non-hydrogen) atoms. The highest BCUT2D eigenvalue weighted by Crippen LogP contribution is 2.24. The SMILES string of the molecule is CC(NCCOc1cccc2ccccc12)C1CCCO1. The number of nitrogens with one attached hydrogen (secondary N) is 1. The Kier molecular flexibility index (Phi) is 4.73. The largest absolute Gasteiger partial charge is 0.492 e. The topological polar surface area (TPSA) is 30.5 Å². The van der Waals surface area contributed by atoms with E-state index >= 15 is 0 Å². The molecule has 0 aliphatic carbocycles. The standard InChI is InChI=1S/C18H23NO2/c1-14(17-10-5-12-20-17)19-11-13-21-18-9-4-7-15-6-2-3-8-16(15)18/h2-4,6-9,14,17,19H,5,10-13H2,1H3. The summed E-state index contributed by atoms with van der Waals surface area (Å²) in [6.45, 7) is 4.60. The summed E-state index contributed by atoms with van der Waals surface area (Å²) in [4.78, 5) is 0. The van der Waals surface area contributed by atoms with Gasteiger partial charge in [0.15, 0.2) is 0 Å². The minimum atomic E-state index is 0.363. The van der Waals surface area contributed by atoms with E-state index in [4.69, 9.17) is 9.47 Å². The minimum absolute atomic E-state index is 0.363. The van der Waals surface area contributed by atoms with Gasteiger partial charge in [0.25, 0.3) is 0 Å². The molecule has 2 unspecified atom stereocenters. The second kappa shape index (κ2) is 6.92. The monoisotopic (exact) mass is 285 g/mol. The van der Waals surface area contributed by atoms with Crippen LogP contribution in [0.15, 0.2) is 42.5 Å². The van der Waals surface area contributed by atoms with Gasteiger partial charge in [-0.15, -0.1) is 0 Å². The molecule has 112 valence electrons. The Bertz CT molecular complexity index is 573. The molecule has 2 aromatic rings. The Morgan fingerprint density at radius 2 is 2.10 bits per heavy atom. The molecule has 1 N–H and O–H groups in total. The van der Waals surface area contributed by atoms with Crippen molar-refractivity contribution in [2.45, 2.75) is 31.9 Å². The maximum Gasteiger partial charge on any atom is 0.127 e. The Morgan fingerprint density at radius 1 is 1.24 bits per heavy atom. The maximum atomic E-state index is 5.93. The van der Waals surface area contributed by atoms with Crippen molar-refractivity contribution < 1.29 is 9.47 Å². The average Bonchev–Trinajstić information content (AvgIpc) is 3.06. The third kappa shape index (κ3) is 3.55. The summed E-state index contributed by atoms with van der Waals surface area (Å²) in [6, 6.07) is 14.9. The fourth-order valence-corrected chi connectivity index (χ4v) is 2.90. The van der Waals surface area contributed by atoms with E-state index in [2.05, 4.69) is 36.5 Å². The van der Waals surface area contributed by atoms with Crippen LogP contribution in [0, 0.1) is 0 Å². The zero-order valence-corrected chi connectivity index (χ0v) is 12.5. The predicted molar refractivity (Wildman–Crippen MR) is 85.9 cm³/mol. The van der Waals surface area contributed by atoms with E-state index in [-0.39, 0.29) is 0 Å². The number of ether oxygens (including phenoxy) is 2. The molecule has 0 spiro atoms. The van der Waals surface area contributed by atoms with E-state index < -0.39 is 0 Å². The number of hydrogen-bond acceptors (Lipinski definition) is 3. The lowest BCUT2D eigenvalue weighted by molar-refractivity contribution is 0.0825. The second-order valence-electron chi connectivity index (χ2n) is 5.62. The van der Waals surface area contributed by atoms with Crippen molar-refractivity contribution in [1.82, 2.24) is 5.32 Å². The van der Waals surface area contributed by atoms with Crippen molar-refractivity contribution in [3.8, 4) is 5.75 Å². The summed E-state index contributed by atoms with van der Waals surface area (Å²) in [5, 5.41) is 5.88. The van der Waals surface area contributed by atoms with Crippen LogP contribution in [0.3, 0.4) is 0 Å². The van der Waals surface area contributed by atoms with Crippen LogP contribution in [-0.2, 0) is 4.74 Å². The molecule has 3 heteroatoms. The number of fused-ring (bicyclic) bond motifs is 1. The second-order valence-corrected chi connectivity index (χ2v) is 5.62. The normalized spacial score (nSPS) is 19.8. The highest BCUT2D eigenvalue weighted by molar-refractivity contribution is 5.88. The first-order chi connectivity index (χ1) is 10.3. The van der Waals surface area contributed by atoms with Crippen molar-refractivity contribution in [3.63, 3.8) is 0 Å². The molecule has 3 rings (SSSR count). The van der Waals surface area contributed by atoms with Gasteiger partial charge in [-0.05, 0) is 31.2 Å². The lowest BCUT2D eigenvalue weighted by Crippen LogP contribution is -2.39. The zero-order chi connectivity index (χ0) is 14.5. The van der Waals surface area contributed by atoms with E-state index in [0.717, 1.165) is 18.9 Å². The highest BCUT2D eigenvalue weighted by atomic mass is 16.5. The van der Waals surface area contributed by atoms with Gasteiger partial charge in [-0.2, -0.15) is 0 Å². The summed E-state index contributed by atoms with van der Waals surface area (Å²) in [6.07, 6.45) is 2.71. The summed E-state index contributed by atoms with van der Waals surface area (Å²) in [5.74, 6) is 0.958. The Hall–Kier alpha value is -1.58. The molecule has 0 saturated carbocycles. The molecule has 0 amide bonds. The van der Waals surface area contributed by atoms with Crippen molar-refractivity contribution >= 4 is 10.8 Å². The van der Waals surface area contributed by atoms with E-state index in [1.165, 1.54) is 23.6 Å². The first-order valence-corrected chi connectivity index (χ1v) is 7.80. The van der Waals surface area contributed by atoms with Crippen LogP contribution in [0.5, 0.6) is 5.75 Å². The average molecular weight is 285 g/mol. The van der Waals surface area contributed by atoms with Gasteiger partial charge < -0.3 is 14.8 Å². The minimum Gasteiger partial charge on any atom is -0.492 e. The zero-order valence-electron chi connectivity index (χ0n) is 12.5. The number of benzene rings is 2. The Morgan fingerprint density at radius 3 is 2.95 bits per heavy atom. The summed E-state index contributed by atoms with van der Waals surface area (Å²) >= 11 is 0. The fourth-order valence-electron chi connectivity index (χ4n) is 2.90. The van der Waals surface area contributed by atoms with Crippen LogP contribution < -0.4 is 10.1 Å². The molecule has 1 aliphatic heterocycles. The molecule has 3 nitrogen and oxygen atoms in total. The summed E-state index contributed by atoms with van der Waals surface area (Å²) in [5.41, 5.74) is 0. The van der Waals surface area contributed by atoms with E-state index in [1.54, 1.807) is 0 Å². The van der Waals surface area contributed by atoms with Gasteiger partial charge in [0, 0.05) is 24.6 Å². The molecule has 2 atom stereocenters. The van der Waals surface area contributed by atoms with E-state index in [0.29, 0.717) is 18.8 Å². The van der Waals surface area contributed by atoms with Crippen molar-refractivity contribution in [2.24, 2.45) is 0 Å². The van der Waals surface area contributed by atoms with Crippen molar-refractivity contribution in [2.75, 3.05) is 19.8 Å². The molecular weight excluding hydrogens is 262 g/mol. The first-order valence-electron chi connectivity index (χ1n) is 7.80. The molecule has 0 aromatic heterocycles. The van der Waals surface area contributed by atoms with Crippen LogP contribution in [0.2, 0.25) is 0 Å². The van der Waals surface area contributed by atoms with Crippen LogP contribution in [0.4, 0.5) is 0 Å². The lowest BCUT2D eigenvalue weighted by Gasteiger charge is -2.20. The van der Waals surface area contributed by atoms with Gasteiger partial charge >= 0.3 is 0 Å². The van der Waals surface area contributed by atoms with Crippen LogP contribution in [0.25, 0.3) is 10.8 Å². The molecule has 1 saturated heterocycles. The van der Waals surface area contributed by atoms with E-state index in [9.17, 15) is 0 Å². The van der Waals surface area contributed by atoms with Gasteiger partial charge in [-0.3, -0.25) is 0 Å². The highest BCUT2D eigenvalue weighted by Gasteiger charge is 2.21. The smallest absolute Gasteiger partial charge is 0.127 e. The van der Waals surface area contributed by atoms with Gasteiger partial charge in [0.05, 0.1) is 6.10 Å². The van der Waals surface area contributed by atoms with Gasteiger partial charge in [-0.1, -0.05) is 36.4 Å². The molecule has 2 aromatic carbocycles. The first kappa shape index (κ1) is 14.4. The molecule has 0 radical (unpaired) electrons. The fraction of sp³-hybridized carbons (Fsp3) is 0.444. The molecule has 1 aliphatic rings. The quantitative estimate of drug-likeness (QED) is 0.825. The third-order valence-corrected chi connectivity index (χ3v) is 4.10.